The number of benzene rings is 2. The highest BCUT2D eigenvalue weighted by atomic mass is 32.2. The lowest BCUT2D eigenvalue weighted by Gasteiger charge is -2.30. The second-order valence-corrected chi connectivity index (χ2v) is 21.8. The number of nitro groups is 1. The van der Waals surface area contributed by atoms with Gasteiger partial charge in [-0.25, -0.2) is 30.8 Å². The molecule has 2 saturated carbocycles. The van der Waals surface area contributed by atoms with Gasteiger partial charge >= 0.3 is 12.2 Å². The van der Waals surface area contributed by atoms with Gasteiger partial charge in [-0.15, -0.1) is 0 Å². The van der Waals surface area contributed by atoms with Gasteiger partial charge < -0.3 is 25.0 Å². The number of fused-ring (bicyclic) bond motifs is 3. The summed E-state index contributed by atoms with van der Waals surface area (Å²) in [5.41, 5.74) is -2.64. The van der Waals surface area contributed by atoms with Crippen molar-refractivity contribution in [3.05, 3.63) is 81.7 Å². The van der Waals surface area contributed by atoms with E-state index in [-0.39, 0.29) is 58.2 Å². The number of rotatable bonds is 8. The summed E-state index contributed by atoms with van der Waals surface area (Å²) >= 11 is 0. The molecule has 7 rings (SSSR count). The molecule has 5 amide bonds. The number of sulfone groups is 1. The lowest BCUT2D eigenvalue weighted by molar-refractivity contribution is -0.387. The molecule has 0 spiro atoms. The van der Waals surface area contributed by atoms with Gasteiger partial charge in [-0.3, -0.25) is 34.1 Å². The van der Waals surface area contributed by atoms with E-state index in [4.69, 9.17) is 9.47 Å². The maximum atomic E-state index is 14.7. The van der Waals surface area contributed by atoms with E-state index in [2.05, 4.69) is 15.4 Å². The summed E-state index contributed by atoms with van der Waals surface area (Å²) in [7, 11) is -8.58. The van der Waals surface area contributed by atoms with Crippen LogP contribution in [0.5, 0.6) is 0 Å². The summed E-state index contributed by atoms with van der Waals surface area (Å²) in [6.07, 6.45) is -0.442. The molecule has 3 heterocycles. The first kappa shape index (κ1) is 45.4. The number of para-hydroxylation sites is 1. The standard InChI is InChI=1S/C41H49FN6O13S2/c1-40(2,3)61-38(52)43-31-14-8-12-27(62(56,57)34-16-5-4-15-32(34)48(54)55)11-7-10-25-20-41(25,37(51)45-63(58,59)28-17-18-28)44-35(49)33-19-26(22-47(33)36(31)50)60-39(53)46-21-24-9-6-13-30(42)29(24)23-46/h4-7,9-10,13,15-16,25-28,31,33H,8,11-12,14,17-23H2,1-3H3,(H,43,52)(H,44,49)(H,45,51)/t25-,26-,27?,31+,33+,41-/m1/s1. The van der Waals surface area contributed by atoms with E-state index in [1.54, 1.807) is 26.8 Å². The molecule has 0 bridgehead atoms. The first-order valence-electron chi connectivity index (χ1n) is 20.6. The number of amides is 5. The number of hydrogen-bond acceptors (Lipinski definition) is 13. The van der Waals surface area contributed by atoms with E-state index in [0.29, 0.717) is 24.0 Å². The van der Waals surface area contributed by atoms with Gasteiger partial charge in [0.25, 0.3) is 11.6 Å². The van der Waals surface area contributed by atoms with Crippen LogP contribution in [0.15, 0.2) is 59.5 Å². The van der Waals surface area contributed by atoms with Crippen LogP contribution in [0.1, 0.15) is 83.3 Å². The Bertz CT molecular complexity index is 2470. The lowest BCUT2D eigenvalue weighted by Crippen LogP contribution is -2.58. The van der Waals surface area contributed by atoms with E-state index in [1.807, 2.05) is 0 Å². The fourth-order valence-corrected chi connectivity index (χ4v) is 11.6. The number of alkyl carbamates (subject to hydrolysis) is 1. The molecule has 6 atom stereocenters. The lowest BCUT2D eigenvalue weighted by atomic mass is 10.0. The SMILES string of the molecule is CC(C)(C)OC(=O)N[C@H]1CCCC(S(=O)(=O)c2ccccc2[N+](=O)[O-])CC=C[C@@H]2C[C@@]2(C(=O)NS(=O)(=O)C2CC2)NC(=O)[C@@H]2C[C@@H](OC(=O)N3Cc4cccc(F)c4C3)CN2C1=O. The first-order chi connectivity index (χ1) is 29.6. The van der Waals surface area contributed by atoms with Gasteiger partial charge in [-0.2, -0.15) is 0 Å². The highest BCUT2D eigenvalue weighted by Crippen LogP contribution is 2.46. The first-order valence-corrected chi connectivity index (χ1v) is 23.7. The number of halogens is 1. The minimum atomic E-state index is -4.46. The number of hydrogen-bond donors (Lipinski definition) is 3. The summed E-state index contributed by atoms with van der Waals surface area (Å²) < 4.78 is 82.3. The normalized spacial score (nSPS) is 26.5. The van der Waals surface area contributed by atoms with Crippen LogP contribution in [0.25, 0.3) is 0 Å². The van der Waals surface area contributed by atoms with E-state index in [1.165, 1.54) is 41.3 Å². The molecule has 0 aromatic heterocycles. The van der Waals surface area contributed by atoms with Gasteiger partial charge in [0.05, 0.1) is 28.5 Å². The van der Waals surface area contributed by atoms with Crippen molar-refractivity contribution < 1.29 is 59.6 Å². The Labute approximate surface area is 363 Å². The third-order valence-corrected chi connectivity index (χ3v) is 15.9. The van der Waals surface area contributed by atoms with Crippen molar-refractivity contribution in [2.45, 2.75) is 130 Å². The Morgan fingerprint density at radius 3 is 2.40 bits per heavy atom. The van der Waals surface area contributed by atoms with E-state index >= 15 is 0 Å². The van der Waals surface area contributed by atoms with Crippen LogP contribution >= 0.6 is 0 Å². The minimum absolute atomic E-state index is 0.0394. The number of nitro benzene ring substituents is 1. The predicted molar refractivity (Wildman–Crippen MR) is 220 cm³/mol. The Kier molecular flexibility index (Phi) is 12.4. The molecular formula is C41H49FN6O13S2. The molecule has 2 aliphatic carbocycles. The third kappa shape index (κ3) is 9.80. The maximum Gasteiger partial charge on any atom is 0.410 e. The van der Waals surface area contributed by atoms with Crippen molar-refractivity contribution in [3.63, 3.8) is 0 Å². The zero-order valence-corrected chi connectivity index (χ0v) is 36.4. The number of carbonyl (C=O) groups excluding carboxylic acids is 5. The van der Waals surface area contributed by atoms with Crippen molar-refractivity contribution in [3.8, 4) is 0 Å². The van der Waals surface area contributed by atoms with Gasteiger partial charge in [-0.1, -0.05) is 36.4 Å². The Morgan fingerprint density at radius 2 is 1.71 bits per heavy atom. The summed E-state index contributed by atoms with van der Waals surface area (Å²) in [4.78, 5) is 82.7. The van der Waals surface area contributed by atoms with Crippen LogP contribution in [-0.4, -0.2) is 108 Å². The summed E-state index contributed by atoms with van der Waals surface area (Å²) in [5.74, 6) is -4.14. The zero-order valence-electron chi connectivity index (χ0n) is 34.8. The van der Waals surface area contributed by atoms with Gasteiger partial charge in [0.1, 0.15) is 40.0 Å². The van der Waals surface area contributed by atoms with Crippen molar-refractivity contribution in [2.24, 2.45) is 5.92 Å². The second kappa shape index (κ2) is 17.1. The smallest absolute Gasteiger partial charge is 0.410 e. The molecule has 340 valence electrons. The number of allylic oxidation sites excluding steroid dienone is 1. The average Bonchev–Trinajstić information content (AvgIpc) is 4.09. The molecule has 3 aliphatic heterocycles. The zero-order chi connectivity index (χ0) is 45.6. The van der Waals surface area contributed by atoms with Crippen molar-refractivity contribution in [1.82, 2.24) is 25.2 Å². The molecule has 22 heteroatoms. The number of carbonyl (C=O) groups is 5. The quantitative estimate of drug-likeness (QED) is 0.195. The molecule has 2 aromatic rings. The molecule has 63 heavy (non-hydrogen) atoms. The highest BCUT2D eigenvalue weighted by Gasteiger charge is 2.62. The van der Waals surface area contributed by atoms with Gasteiger partial charge in [0.15, 0.2) is 9.84 Å². The van der Waals surface area contributed by atoms with Crippen molar-refractivity contribution in [2.75, 3.05) is 6.54 Å². The number of sulfonamides is 1. The van der Waals surface area contributed by atoms with Gasteiger partial charge in [0, 0.05) is 30.5 Å². The number of nitrogens with zero attached hydrogens (tertiary/aromatic N) is 3. The number of ether oxygens (including phenoxy) is 2. The third-order valence-electron chi connectivity index (χ3n) is 11.8. The van der Waals surface area contributed by atoms with E-state index in [0.717, 1.165) is 17.0 Å². The Balaban J connectivity index is 1.22. The van der Waals surface area contributed by atoms with Crippen LogP contribution < -0.4 is 15.4 Å². The summed E-state index contributed by atoms with van der Waals surface area (Å²) in [5, 5.41) is 15.0. The van der Waals surface area contributed by atoms with Crippen LogP contribution in [0.2, 0.25) is 0 Å². The molecular weight excluding hydrogens is 868 g/mol. The predicted octanol–water partition coefficient (Wildman–Crippen LogP) is 3.50. The van der Waals surface area contributed by atoms with E-state index < -0.39 is 117 Å². The van der Waals surface area contributed by atoms with Crippen molar-refractivity contribution in [1.29, 1.82) is 0 Å². The minimum Gasteiger partial charge on any atom is -0.444 e. The topological polar surface area (TPSA) is 258 Å². The molecule has 3 fully saturated rings. The summed E-state index contributed by atoms with van der Waals surface area (Å²) in [6, 6.07) is 6.42. The van der Waals surface area contributed by atoms with Crippen LogP contribution in [-0.2, 0) is 56.8 Å². The largest absolute Gasteiger partial charge is 0.444 e. The molecule has 2 aromatic carbocycles. The average molecular weight is 917 g/mol. The second-order valence-electron chi connectivity index (χ2n) is 17.6. The molecule has 1 unspecified atom stereocenters. The maximum absolute atomic E-state index is 14.7. The fourth-order valence-electron chi connectivity index (χ4n) is 8.35. The molecule has 5 aliphatic rings. The highest BCUT2D eigenvalue weighted by molar-refractivity contribution is 7.92. The monoisotopic (exact) mass is 916 g/mol. The number of nitrogens with one attached hydrogen (secondary N) is 3. The van der Waals surface area contributed by atoms with E-state index in [9.17, 15) is 55.3 Å². The fraction of sp³-hybridized carbons (Fsp3) is 0.537. The molecule has 3 N–H and O–H groups in total. The molecule has 0 radical (unpaired) electrons. The molecule has 19 nitrogen and oxygen atoms in total. The van der Waals surface area contributed by atoms with Gasteiger partial charge in [0.2, 0.25) is 21.8 Å². The van der Waals surface area contributed by atoms with Crippen molar-refractivity contribution >= 4 is 55.5 Å². The Hall–Kier alpha value is -5.64. The molecule has 1 saturated heterocycles. The summed E-state index contributed by atoms with van der Waals surface area (Å²) in [6.45, 7) is 4.35. The van der Waals surface area contributed by atoms with Crippen LogP contribution in [0, 0.1) is 21.8 Å². The van der Waals surface area contributed by atoms with Crippen LogP contribution in [0.4, 0.5) is 19.7 Å². The van der Waals surface area contributed by atoms with Crippen LogP contribution in [0.3, 0.4) is 0 Å². The Morgan fingerprint density at radius 1 is 0.984 bits per heavy atom. The van der Waals surface area contributed by atoms with Gasteiger partial charge in [-0.05, 0) is 83.4 Å².